The van der Waals surface area contributed by atoms with Crippen molar-refractivity contribution < 1.29 is 9.53 Å². The molecule has 0 heterocycles. The molecule has 0 aliphatic heterocycles. The van der Waals surface area contributed by atoms with Crippen LogP contribution in [0.3, 0.4) is 0 Å². The van der Waals surface area contributed by atoms with Gasteiger partial charge in [0.2, 0.25) is 0 Å². The van der Waals surface area contributed by atoms with Crippen molar-refractivity contribution in [2.75, 3.05) is 6.61 Å². The summed E-state index contributed by atoms with van der Waals surface area (Å²) in [6.07, 6.45) is 3.20. The minimum Gasteiger partial charge on any atom is -0.466 e. The van der Waals surface area contributed by atoms with E-state index in [1.807, 2.05) is 0 Å². The Morgan fingerprint density at radius 3 is 2.83 bits per heavy atom. The molecule has 0 spiro atoms. The van der Waals surface area contributed by atoms with E-state index in [1.54, 1.807) is 13.0 Å². The molecule has 0 saturated heterocycles. The van der Waals surface area contributed by atoms with E-state index in [1.165, 1.54) is 0 Å². The molecule has 0 fully saturated rings. The summed E-state index contributed by atoms with van der Waals surface area (Å²) in [6.45, 7) is 5.67. The molecule has 68 valence electrons. The minimum absolute atomic E-state index is 0.113. The molecule has 0 aliphatic carbocycles. The van der Waals surface area contributed by atoms with Gasteiger partial charge in [-0.25, -0.2) is 0 Å². The molecule has 1 N–H and O–H groups in total. The second-order valence-electron chi connectivity index (χ2n) is 2.41. The number of hydrogen-bond acceptors (Lipinski definition) is 3. The first kappa shape index (κ1) is 10.9. The highest BCUT2D eigenvalue weighted by molar-refractivity contribution is 5.97. The normalized spacial score (nSPS) is 9.08. The topological polar surface area (TPSA) is 50.2 Å². The molecule has 0 aromatic rings. The average molecular weight is 169 g/mol. The third-order valence-corrected chi connectivity index (χ3v) is 1.31. The average Bonchev–Trinajstić information content (AvgIpc) is 2.01. The monoisotopic (exact) mass is 169 g/mol. The van der Waals surface area contributed by atoms with Gasteiger partial charge < -0.3 is 10.1 Å². The molecule has 0 aliphatic rings. The summed E-state index contributed by atoms with van der Waals surface area (Å²) < 4.78 is 4.69. The molecule has 0 rings (SSSR count). The van der Waals surface area contributed by atoms with Gasteiger partial charge in [-0.2, -0.15) is 0 Å². The van der Waals surface area contributed by atoms with E-state index >= 15 is 0 Å². The van der Waals surface area contributed by atoms with Gasteiger partial charge in [0.25, 0.3) is 0 Å². The summed E-state index contributed by atoms with van der Waals surface area (Å²) in [4.78, 5) is 10.8. The molecule has 0 radical (unpaired) electrons. The number of rotatable bonds is 6. The molecule has 12 heavy (non-hydrogen) atoms. The lowest BCUT2D eigenvalue weighted by Gasteiger charge is -2.01. The van der Waals surface area contributed by atoms with Crippen LogP contribution in [0.2, 0.25) is 0 Å². The maximum atomic E-state index is 10.8. The molecular weight excluding hydrogens is 154 g/mol. The van der Waals surface area contributed by atoms with Crippen LogP contribution in [0, 0.1) is 5.41 Å². The predicted molar refractivity (Wildman–Crippen MR) is 48.4 cm³/mol. The molecule has 3 nitrogen and oxygen atoms in total. The highest BCUT2D eigenvalue weighted by atomic mass is 16.5. The van der Waals surface area contributed by atoms with Crippen LogP contribution in [0.5, 0.6) is 0 Å². The number of nitrogens with one attached hydrogen (secondary N) is 1. The second-order valence-corrected chi connectivity index (χ2v) is 2.41. The Hall–Kier alpha value is -1.12. The maximum absolute atomic E-state index is 10.8. The van der Waals surface area contributed by atoms with Crippen LogP contribution in [-0.2, 0) is 9.53 Å². The van der Waals surface area contributed by atoms with Crippen LogP contribution in [-0.4, -0.2) is 18.3 Å². The van der Waals surface area contributed by atoms with Gasteiger partial charge in [-0.15, -0.1) is 6.58 Å². The van der Waals surface area contributed by atoms with E-state index in [4.69, 9.17) is 5.41 Å². The van der Waals surface area contributed by atoms with E-state index in [2.05, 4.69) is 11.3 Å². The van der Waals surface area contributed by atoms with E-state index in [0.29, 0.717) is 18.7 Å². The second kappa shape index (κ2) is 6.58. The Kier molecular flexibility index (Phi) is 5.97. The molecule has 0 aromatic heterocycles. The van der Waals surface area contributed by atoms with Gasteiger partial charge in [-0.3, -0.25) is 4.79 Å². The molecule has 0 amide bonds. The van der Waals surface area contributed by atoms with Gasteiger partial charge >= 0.3 is 5.97 Å². The summed E-state index contributed by atoms with van der Waals surface area (Å²) >= 11 is 0. The van der Waals surface area contributed by atoms with Crippen molar-refractivity contribution in [2.45, 2.75) is 26.2 Å². The van der Waals surface area contributed by atoms with Crippen LogP contribution < -0.4 is 0 Å². The zero-order valence-electron chi connectivity index (χ0n) is 7.43. The van der Waals surface area contributed by atoms with Crippen molar-refractivity contribution in [1.82, 2.24) is 0 Å². The largest absolute Gasteiger partial charge is 0.466 e. The highest BCUT2D eigenvalue weighted by Gasteiger charge is 2.04. The zero-order valence-corrected chi connectivity index (χ0v) is 7.43. The summed E-state index contributed by atoms with van der Waals surface area (Å²) in [7, 11) is 0. The molecule has 0 saturated carbocycles. The van der Waals surface area contributed by atoms with Crippen molar-refractivity contribution in [3.63, 3.8) is 0 Å². The Morgan fingerprint density at radius 2 is 2.33 bits per heavy atom. The number of carbonyl (C=O) groups is 1. The third-order valence-electron chi connectivity index (χ3n) is 1.31. The number of hydrogen-bond donors (Lipinski definition) is 1. The van der Waals surface area contributed by atoms with Crippen LogP contribution in [0.25, 0.3) is 0 Å². The molecule has 0 atom stereocenters. The number of allylic oxidation sites excluding steroid dienone is 1. The Labute approximate surface area is 72.9 Å². The van der Waals surface area contributed by atoms with Gasteiger partial charge in [0.05, 0.1) is 13.0 Å². The van der Waals surface area contributed by atoms with Crippen molar-refractivity contribution in [1.29, 1.82) is 5.41 Å². The molecule has 0 unspecified atom stereocenters. The Balaban J connectivity index is 3.54. The number of ether oxygens (including phenoxy) is 1. The van der Waals surface area contributed by atoms with E-state index in [0.717, 1.165) is 6.42 Å². The van der Waals surface area contributed by atoms with Crippen molar-refractivity contribution in [2.24, 2.45) is 0 Å². The van der Waals surface area contributed by atoms with Gasteiger partial charge in [-0.1, -0.05) is 6.08 Å². The van der Waals surface area contributed by atoms with Crippen LogP contribution in [0.1, 0.15) is 26.2 Å². The van der Waals surface area contributed by atoms with Gasteiger partial charge in [-0.05, 0) is 19.8 Å². The summed E-state index contributed by atoms with van der Waals surface area (Å²) in [6, 6.07) is 0. The molecule has 3 heteroatoms. The van der Waals surface area contributed by atoms with Crippen molar-refractivity contribution in [3.8, 4) is 0 Å². The molecule has 0 aromatic carbocycles. The fraction of sp³-hybridized carbons (Fsp3) is 0.556. The lowest BCUT2D eigenvalue weighted by atomic mass is 10.1. The van der Waals surface area contributed by atoms with Gasteiger partial charge in [0.1, 0.15) is 0 Å². The predicted octanol–water partition coefficient (Wildman–Crippen LogP) is 1.93. The zero-order chi connectivity index (χ0) is 9.40. The third kappa shape index (κ3) is 5.65. The fourth-order valence-corrected chi connectivity index (χ4v) is 0.751. The lowest BCUT2D eigenvalue weighted by Crippen LogP contribution is -2.10. The van der Waals surface area contributed by atoms with E-state index in [9.17, 15) is 4.79 Å². The van der Waals surface area contributed by atoms with Gasteiger partial charge in [0.15, 0.2) is 0 Å². The maximum Gasteiger partial charge on any atom is 0.311 e. The van der Waals surface area contributed by atoms with E-state index in [-0.39, 0.29) is 12.4 Å². The number of carbonyl (C=O) groups excluding carboxylic acids is 1. The van der Waals surface area contributed by atoms with Crippen LogP contribution in [0.4, 0.5) is 0 Å². The first-order chi connectivity index (χ1) is 5.70. The van der Waals surface area contributed by atoms with Crippen molar-refractivity contribution >= 4 is 11.7 Å². The van der Waals surface area contributed by atoms with Crippen LogP contribution in [0.15, 0.2) is 12.7 Å². The van der Waals surface area contributed by atoms with E-state index < -0.39 is 0 Å². The smallest absolute Gasteiger partial charge is 0.311 e. The summed E-state index contributed by atoms with van der Waals surface area (Å²) in [5, 5.41) is 7.35. The lowest BCUT2D eigenvalue weighted by molar-refractivity contribution is -0.141. The standard InChI is InChI=1S/C9H15NO2/c1-3-5-6-8(10)7-9(11)12-4-2/h3,10H,1,4-7H2,2H3. The Morgan fingerprint density at radius 1 is 1.67 bits per heavy atom. The van der Waals surface area contributed by atoms with Gasteiger partial charge in [0, 0.05) is 5.71 Å². The summed E-state index contributed by atoms with van der Waals surface area (Å²) in [5.41, 5.74) is 0.411. The quantitative estimate of drug-likeness (QED) is 0.375. The first-order valence-corrected chi connectivity index (χ1v) is 4.03. The Bertz CT molecular complexity index is 175. The summed E-state index contributed by atoms with van der Waals surface area (Å²) in [5.74, 6) is -0.313. The minimum atomic E-state index is -0.313. The highest BCUT2D eigenvalue weighted by Crippen LogP contribution is 1.97. The molecular formula is C9H15NO2. The first-order valence-electron chi connectivity index (χ1n) is 4.03. The molecule has 0 bridgehead atoms. The van der Waals surface area contributed by atoms with Crippen molar-refractivity contribution in [3.05, 3.63) is 12.7 Å². The fourth-order valence-electron chi connectivity index (χ4n) is 0.751. The van der Waals surface area contributed by atoms with Crippen LogP contribution >= 0.6 is 0 Å². The SMILES string of the molecule is C=CCCC(=N)CC(=O)OCC. The number of esters is 1.